The average Bonchev–Trinajstić information content (AvgIpc) is 2.87. The summed E-state index contributed by atoms with van der Waals surface area (Å²) in [5.41, 5.74) is 2.90. The number of carbonyl (C=O) groups excluding carboxylic acids is 1. The summed E-state index contributed by atoms with van der Waals surface area (Å²) in [5.74, 6) is -1.30. The summed E-state index contributed by atoms with van der Waals surface area (Å²) in [6.45, 7) is 3.55. The maximum Gasteiger partial charge on any atom is 0.326 e. The highest BCUT2D eigenvalue weighted by Crippen LogP contribution is 2.38. The molecule has 26 heavy (non-hydrogen) atoms. The molecule has 2 aromatic carbocycles. The van der Waals surface area contributed by atoms with Gasteiger partial charge in [0.1, 0.15) is 6.04 Å². The minimum atomic E-state index is -1.02. The fourth-order valence-corrected chi connectivity index (χ4v) is 3.42. The molecule has 7 nitrogen and oxygen atoms in total. The molecular formula is C19H18N2O5. The first kappa shape index (κ1) is 17.6. The molecular weight excluding hydrogens is 336 g/mol. The number of hydrogen-bond acceptors (Lipinski definition) is 4. The van der Waals surface area contributed by atoms with Gasteiger partial charge in [0.2, 0.25) is 0 Å². The Bertz CT molecular complexity index is 891. The largest absolute Gasteiger partial charge is 0.480 e. The lowest BCUT2D eigenvalue weighted by Gasteiger charge is -2.28. The second-order valence-electron chi connectivity index (χ2n) is 6.26. The second-order valence-corrected chi connectivity index (χ2v) is 6.26. The van der Waals surface area contributed by atoms with Crippen LogP contribution in [0.4, 0.5) is 5.69 Å². The van der Waals surface area contributed by atoms with Crippen molar-refractivity contribution in [2.75, 3.05) is 0 Å². The monoisotopic (exact) mass is 354 g/mol. The molecule has 0 aromatic heterocycles. The van der Waals surface area contributed by atoms with Gasteiger partial charge in [-0.25, -0.2) is 4.79 Å². The van der Waals surface area contributed by atoms with Crippen LogP contribution in [0, 0.1) is 10.1 Å². The molecule has 0 spiro atoms. The Balaban J connectivity index is 1.98. The molecule has 0 fully saturated rings. The molecule has 2 unspecified atom stereocenters. The Labute approximate surface area is 150 Å². The van der Waals surface area contributed by atoms with Crippen molar-refractivity contribution < 1.29 is 19.6 Å². The third-order valence-electron chi connectivity index (χ3n) is 4.80. The number of fused-ring (bicyclic) bond motifs is 1. The summed E-state index contributed by atoms with van der Waals surface area (Å²) in [4.78, 5) is 35.9. The molecule has 0 saturated heterocycles. The van der Waals surface area contributed by atoms with E-state index in [1.54, 1.807) is 31.2 Å². The SMILES string of the molecule is CCC(C(=O)O)N1C(=O)c2ccc(-c3ccc([N+](=O)[O-])cc3)cc2C1C. The van der Waals surface area contributed by atoms with Gasteiger partial charge in [0, 0.05) is 17.7 Å². The molecule has 0 radical (unpaired) electrons. The third-order valence-corrected chi connectivity index (χ3v) is 4.80. The summed E-state index contributed by atoms with van der Waals surface area (Å²) in [7, 11) is 0. The number of non-ortho nitro benzene ring substituents is 1. The minimum Gasteiger partial charge on any atom is -0.480 e. The van der Waals surface area contributed by atoms with Crippen LogP contribution in [-0.2, 0) is 4.79 Å². The average molecular weight is 354 g/mol. The van der Waals surface area contributed by atoms with Gasteiger partial charge in [-0.05, 0) is 54.3 Å². The standard InChI is InChI=1S/C19H18N2O5/c1-3-17(19(23)24)20-11(2)16-10-13(6-9-15(16)18(20)22)12-4-7-14(8-5-12)21(25)26/h4-11,17H,3H2,1-2H3,(H,23,24). The summed E-state index contributed by atoms with van der Waals surface area (Å²) in [5, 5.41) is 20.2. The number of carboxylic acids is 1. The van der Waals surface area contributed by atoms with Crippen molar-refractivity contribution in [1.82, 2.24) is 4.90 Å². The van der Waals surface area contributed by atoms with Gasteiger partial charge in [-0.1, -0.05) is 13.0 Å². The number of benzene rings is 2. The van der Waals surface area contributed by atoms with Crippen LogP contribution in [0.1, 0.15) is 42.2 Å². The predicted molar refractivity (Wildman–Crippen MR) is 94.8 cm³/mol. The quantitative estimate of drug-likeness (QED) is 0.652. The predicted octanol–water partition coefficient (Wildman–Crippen LogP) is 3.64. The molecule has 1 amide bonds. The number of hydrogen-bond donors (Lipinski definition) is 1. The van der Waals surface area contributed by atoms with E-state index in [0.29, 0.717) is 12.0 Å². The molecule has 7 heteroatoms. The summed E-state index contributed by atoms with van der Waals surface area (Å²) >= 11 is 0. The Morgan fingerprint density at radius 3 is 2.38 bits per heavy atom. The number of carbonyl (C=O) groups is 2. The number of carboxylic acid groups (broad SMARTS) is 1. The zero-order chi connectivity index (χ0) is 19.0. The molecule has 1 heterocycles. The first-order valence-corrected chi connectivity index (χ1v) is 8.29. The van der Waals surface area contributed by atoms with E-state index < -0.39 is 16.9 Å². The van der Waals surface area contributed by atoms with Crippen molar-refractivity contribution in [1.29, 1.82) is 0 Å². The maximum atomic E-state index is 12.7. The zero-order valence-corrected chi connectivity index (χ0v) is 14.4. The number of nitrogens with zero attached hydrogens (tertiary/aromatic N) is 2. The molecule has 2 atom stereocenters. The molecule has 134 valence electrons. The van der Waals surface area contributed by atoms with Gasteiger partial charge in [-0.2, -0.15) is 0 Å². The molecule has 1 N–H and O–H groups in total. The molecule has 0 aliphatic carbocycles. The van der Waals surface area contributed by atoms with Crippen molar-refractivity contribution in [2.45, 2.75) is 32.4 Å². The molecule has 2 aromatic rings. The highest BCUT2D eigenvalue weighted by molar-refractivity contribution is 6.01. The maximum absolute atomic E-state index is 12.7. The lowest BCUT2D eigenvalue weighted by Crippen LogP contribution is -2.42. The molecule has 0 saturated carbocycles. The highest BCUT2D eigenvalue weighted by atomic mass is 16.6. The van der Waals surface area contributed by atoms with Crippen LogP contribution in [0.3, 0.4) is 0 Å². The third kappa shape index (κ3) is 2.81. The van der Waals surface area contributed by atoms with Crippen LogP contribution in [0.5, 0.6) is 0 Å². The minimum absolute atomic E-state index is 0.0110. The number of nitro groups is 1. The molecule has 1 aliphatic rings. The van der Waals surface area contributed by atoms with Crippen LogP contribution in [0.15, 0.2) is 42.5 Å². The molecule has 1 aliphatic heterocycles. The fraction of sp³-hybridized carbons (Fsp3) is 0.263. The normalized spacial score (nSPS) is 17.1. The van der Waals surface area contributed by atoms with E-state index in [4.69, 9.17) is 0 Å². The van der Waals surface area contributed by atoms with E-state index in [-0.39, 0.29) is 17.6 Å². The Morgan fingerprint density at radius 2 is 1.85 bits per heavy atom. The Kier molecular flexibility index (Phi) is 4.46. The highest BCUT2D eigenvalue weighted by Gasteiger charge is 2.40. The van der Waals surface area contributed by atoms with Crippen LogP contribution in [0.2, 0.25) is 0 Å². The van der Waals surface area contributed by atoms with Crippen LogP contribution in [0.25, 0.3) is 11.1 Å². The van der Waals surface area contributed by atoms with Crippen LogP contribution < -0.4 is 0 Å². The molecule has 0 bridgehead atoms. The zero-order valence-electron chi connectivity index (χ0n) is 14.4. The van der Waals surface area contributed by atoms with Crippen molar-refractivity contribution >= 4 is 17.6 Å². The Morgan fingerprint density at radius 1 is 1.23 bits per heavy atom. The number of rotatable bonds is 5. The lowest BCUT2D eigenvalue weighted by atomic mass is 9.98. The number of nitro benzene ring substituents is 1. The van der Waals surface area contributed by atoms with Crippen molar-refractivity contribution in [3.8, 4) is 11.1 Å². The molecule has 3 rings (SSSR count). The van der Waals surface area contributed by atoms with Crippen molar-refractivity contribution in [2.24, 2.45) is 0 Å². The first-order valence-electron chi connectivity index (χ1n) is 8.29. The Hall–Kier alpha value is -3.22. The van der Waals surface area contributed by atoms with E-state index in [2.05, 4.69) is 0 Å². The van der Waals surface area contributed by atoms with E-state index in [1.807, 2.05) is 13.0 Å². The van der Waals surface area contributed by atoms with E-state index in [1.165, 1.54) is 17.0 Å². The van der Waals surface area contributed by atoms with Gasteiger partial charge in [-0.15, -0.1) is 0 Å². The van der Waals surface area contributed by atoms with E-state index in [9.17, 15) is 24.8 Å². The van der Waals surface area contributed by atoms with Gasteiger partial charge in [-0.3, -0.25) is 14.9 Å². The van der Waals surface area contributed by atoms with E-state index in [0.717, 1.165) is 16.7 Å². The number of aliphatic carboxylic acids is 1. The van der Waals surface area contributed by atoms with Crippen LogP contribution >= 0.6 is 0 Å². The first-order chi connectivity index (χ1) is 12.3. The van der Waals surface area contributed by atoms with Crippen molar-refractivity contribution in [3.63, 3.8) is 0 Å². The van der Waals surface area contributed by atoms with Gasteiger partial charge in [0.25, 0.3) is 11.6 Å². The summed E-state index contributed by atoms with van der Waals surface area (Å²) in [6.07, 6.45) is 0.328. The van der Waals surface area contributed by atoms with Gasteiger partial charge in [0.15, 0.2) is 0 Å². The van der Waals surface area contributed by atoms with Crippen LogP contribution in [-0.4, -0.2) is 32.8 Å². The smallest absolute Gasteiger partial charge is 0.326 e. The number of amides is 1. The van der Waals surface area contributed by atoms with Gasteiger partial charge < -0.3 is 10.0 Å². The van der Waals surface area contributed by atoms with Crippen molar-refractivity contribution in [3.05, 3.63) is 63.7 Å². The second kappa shape index (κ2) is 6.59. The van der Waals surface area contributed by atoms with Gasteiger partial charge >= 0.3 is 5.97 Å². The fourth-order valence-electron chi connectivity index (χ4n) is 3.42. The lowest BCUT2D eigenvalue weighted by molar-refractivity contribution is -0.384. The summed E-state index contributed by atoms with van der Waals surface area (Å²) < 4.78 is 0. The van der Waals surface area contributed by atoms with E-state index >= 15 is 0 Å². The van der Waals surface area contributed by atoms with Gasteiger partial charge in [0.05, 0.1) is 11.0 Å². The summed E-state index contributed by atoms with van der Waals surface area (Å²) in [6, 6.07) is 10.3. The topological polar surface area (TPSA) is 101 Å².